The van der Waals surface area contributed by atoms with Gasteiger partial charge in [0.1, 0.15) is 0 Å². The lowest BCUT2D eigenvalue weighted by atomic mass is 9.73. The molecule has 1 aromatic rings. The molecule has 0 aliphatic carbocycles. The Hall–Kier alpha value is -0.180. The van der Waals surface area contributed by atoms with Crippen molar-refractivity contribution in [1.29, 1.82) is 0 Å². The van der Waals surface area contributed by atoms with E-state index in [0.29, 0.717) is 0 Å². The van der Waals surface area contributed by atoms with Gasteiger partial charge in [-0.2, -0.15) is 0 Å². The topological polar surface area (TPSA) is 230 Å². The van der Waals surface area contributed by atoms with Crippen LogP contribution in [-0.4, -0.2) is 39.1 Å². The van der Waals surface area contributed by atoms with Crippen molar-refractivity contribution in [3.8, 4) is 0 Å². The van der Waals surface area contributed by atoms with Crippen molar-refractivity contribution in [3.05, 3.63) is 34.4 Å². The molecule has 0 radical (unpaired) electrons. The number of benzene rings is 1. The van der Waals surface area contributed by atoms with Crippen molar-refractivity contribution in [3.63, 3.8) is 0 Å². The number of hydrogen-bond acceptors (Lipinski definition) is 4. The van der Waals surface area contributed by atoms with Crippen LogP contribution in [0.15, 0.2) is 12.1 Å². The molecule has 1 aromatic carbocycles. The maximum Gasteiger partial charge on any atom is 0.335 e. The smallest absolute Gasteiger partial charge is 0.324 e. The van der Waals surface area contributed by atoms with Gasteiger partial charge in [0.25, 0.3) is 0 Å². The Morgan fingerprint density at radius 3 is 0.571 bits per heavy atom. The maximum absolute atomic E-state index is 13.3. The van der Waals surface area contributed by atoms with Gasteiger partial charge in [-0.25, -0.2) is 0 Å². The maximum atomic E-state index is 13.3. The van der Waals surface area contributed by atoms with Crippen LogP contribution in [0.1, 0.15) is 129 Å². The van der Waals surface area contributed by atoms with Gasteiger partial charge in [-0.05, 0) is 73.6 Å². The van der Waals surface area contributed by atoms with Crippen molar-refractivity contribution < 1.29 is 57.4 Å². The lowest BCUT2D eigenvalue weighted by molar-refractivity contribution is 0.294. The van der Waals surface area contributed by atoms with Crippen molar-refractivity contribution in [1.82, 2.24) is 0 Å². The molecule has 42 heavy (non-hydrogen) atoms. The Bertz CT molecular complexity index is 1090. The second-order valence-electron chi connectivity index (χ2n) is 11.1. The summed E-state index contributed by atoms with van der Waals surface area (Å²) in [5.74, 6) is 0. The van der Waals surface area contributed by atoms with E-state index >= 15 is 0 Å². The van der Waals surface area contributed by atoms with Gasteiger partial charge in [-0.1, -0.05) is 67.5 Å². The summed E-state index contributed by atoms with van der Waals surface area (Å²) in [5.41, 5.74) is -0.729. The molecule has 246 valence electrons. The third kappa shape index (κ3) is 6.02. The van der Waals surface area contributed by atoms with Crippen LogP contribution >= 0.6 is 30.4 Å². The first kappa shape index (κ1) is 39.8. The molecule has 0 unspecified atom stereocenters. The highest BCUT2D eigenvalue weighted by molar-refractivity contribution is 7.54. The number of hydrogen-bond donors (Lipinski definition) is 8. The van der Waals surface area contributed by atoms with E-state index in [4.69, 9.17) is 0 Å². The van der Waals surface area contributed by atoms with Gasteiger partial charge in [0.15, 0.2) is 0 Å². The molecule has 0 saturated carbocycles. The first-order valence-corrected chi connectivity index (χ1v) is 20.8. The second kappa shape index (κ2) is 13.3. The van der Waals surface area contributed by atoms with Crippen LogP contribution in [0.3, 0.4) is 0 Å². The predicted molar refractivity (Wildman–Crippen MR) is 164 cm³/mol. The quantitative estimate of drug-likeness (QED) is 0.0881. The molecule has 1 rings (SSSR count). The fourth-order valence-electron chi connectivity index (χ4n) is 6.94. The molecule has 0 fully saturated rings. The first-order chi connectivity index (χ1) is 18.9. The Labute approximate surface area is 249 Å². The molecule has 0 aliphatic heterocycles. The summed E-state index contributed by atoms with van der Waals surface area (Å²) in [6.07, 6.45) is -1.58. The standard InChI is InChI=1S/C26H50O12P4/c1-9-23(10-2,39(27,28)29)19-17-21(25(13-5,14-6)41(33,34)35)22(26(15-7,16-8)42(36,37)38)18-20(19)24(11-3,12-4)40(30,31)32/h17-18H,9-16H2,1-8H3,(H2,27,28,29)(H2,30,31,32)(H2,33,34,35)(H2,36,37,38). The van der Waals surface area contributed by atoms with E-state index in [9.17, 15) is 57.4 Å². The van der Waals surface area contributed by atoms with Gasteiger partial charge >= 0.3 is 30.4 Å². The average molecular weight is 679 g/mol. The molecule has 0 spiro atoms. The van der Waals surface area contributed by atoms with Crippen molar-refractivity contribution in [2.75, 3.05) is 0 Å². The fourth-order valence-corrected chi connectivity index (χ4v) is 12.2. The Morgan fingerprint density at radius 1 is 0.381 bits per heavy atom. The van der Waals surface area contributed by atoms with E-state index in [1.807, 2.05) is 0 Å². The molecule has 16 heteroatoms. The van der Waals surface area contributed by atoms with Crippen LogP contribution < -0.4 is 0 Å². The summed E-state index contributed by atoms with van der Waals surface area (Å²) in [7, 11) is -20.5. The molecule has 0 bridgehead atoms. The molecule has 0 saturated heterocycles. The van der Waals surface area contributed by atoms with E-state index < -0.39 is 51.0 Å². The predicted octanol–water partition coefficient (Wildman–Crippen LogP) is 6.46. The highest BCUT2D eigenvalue weighted by Crippen LogP contribution is 2.71. The molecule has 8 N–H and O–H groups in total. The fraction of sp³-hybridized carbons (Fsp3) is 0.769. The molecule has 0 aromatic heterocycles. The van der Waals surface area contributed by atoms with Crippen LogP contribution in [-0.2, 0) is 38.9 Å². The number of rotatable bonds is 16. The summed E-state index contributed by atoms with van der Waals surface area (Å²) in [6.45, 7) is 12.0. The zero-order valence-electron chi connectivity index (χ0n) is 25.8. The monoisotopic (exact) mass is 678 g/mol. The van der Waals surface area contributed by atoms with E-state index in [1.54, 1.807) is 0 Å². The Morgan fingerprint density at radius 2 is 0.500 bits per heavy atom. The minimum absolute atomic E-state index is 0.182. The third-order valence-electron chi connectivity index (χ3n) is 10.1. The Kier molecular flexibility index (Phi) is 12.6. The minimum atomic E-state index is -5.13. The molecule has 0 aliphatic rings. The highest BCUT2D eigenvalue weighted by Gasteiger charge is 2.58. The molecular weight excluding hydrogens is 628 g/mol. The van der Waals surface area contributed by atoms with Crippen LogP contribution in [0.4, 0.5) is 0 Å². The largest absolute Gasteiger partial charge is 0.335 e. The summed E-state index contributed by atoms with van der Waals surface area (Å²) in [5, 5.41) is -8.09. The van der Waals surface area contributed by atoms with Gasteiger partial charge in [0.2, 0.25) is 0 Å². The van der Waals surface area contributed by atoms with Crippen molar-refractivity contribution in [2.24, 2.45) is 0 Å². The highest BCUT2D eigenvalue weighted by atomic mass is 31.2. The van der Waals surface area contributed by atoms with E-state index in [0.717, 1.165) is 0 Å². The van der Waals surface area contributed by atoms with Crippen LogP contribution in [0.5, 0.6) is 0 Å². The van der Waals surface area contributed by atoms with Gasteiger partial charge in [0, 0.05) is 0 Å². The zero-order valence-corrected chi connectivity index (χ0v) is 29.4. The molecule has 0 amide bonds. The second-order valence-corrected chi connectivity index (χ2v) is 18.9. The lowest BCUT2D eigenvalue weighted by Gasteiger charge is -2.46. The Balaban J connectivity index is 5.13. The van der Waals surface area contributed by atoms with Crippen LogP contribution in [0, 0.1) is 0 Å². The molecule has 0 atom stereocenters. The minimum Gasteiger partial charge on any atom is -0.324 e. The molecular formula is C26H50O12P4. The SMILES string of the molecule is CCC(CC)(c1cc(C(CC)(CC)P(=O)(O)O)c(C(CC)(CC)P(=O)(O)O)cc1C(CC)(CC)P(=O)(O)O)P(=O)(O)O. The summed E-state index contributed by atoms with van der Waals surface area (Å²) in [4.78, 5) is 86.2. The van der Waals surface area contributed by atoms with Gasteiger partial charge in [-0.15, -0.1) is 0 Å². The molecule has 12 nitrogen and oxygen atoms in total. The summed E-state index contributed by atoms with van der Waals surface area (Å²) in [6, 6.07) is 2.38. The summed E-state index contributed by atoms with van der Waals surface area (Å²) >= 11 is 0. The third-order valence-corrected chi connectivity index (χ3v) is 18.0. The molecule has 0 heterocycles. The normalized spacial score (nSPS) is 14.9. The summed E-state index contributed by atoms with van der Waals surface area (Å²) < 4.78 is 53.2. The van der Waals surface area contributed by atoms with Crippen LogP contribution in [0.25, 0.3) is 0 Å². The first-order valence-electron chi connectivity index (χ1n) is 14.4. The van der Waals surface area contributed by atoms with Gasteiger partial charge in [-0.3, -0.25) is 18.3 Å². The van der Waals surface area contributed by atoms with Gasteiger partial charge in [0.05, 0.1) is 20.6 Å². The van der Waals surface area contributed by atoms with Crippen molar-refractivity contribution >= 4 is 30.4 Å². The van der Waals surface area contributed by atoms with Crippen molar-refractivity contribution in [2.45, 2.75) is 127 Å². The zero-order chi connectivity index (χ0) is 33.4. The van der Waals surface area contributed by atoms with E-state index in [-0.39, 0.29) is 73.6 Å². The van der Waals surface area contributed by atoms with Gasteiger partial charge < -0.3 is 39.1 Å². The van der Waals surface area contributed by atoms with E-state index in [1.165, 1.54) is 67.5 Å². The lowest BCUT2D eigenvalue weighted by Crippen LogP contribution is -2.38. The van der Waals surface area contributed by atoms with E-state index in [2.05, 4.69) is 0 Å². The van der Waals surface area contributed by atoms with Crippen LogP contribution in [0.2, 0.25) is 0 Å². The average Bonchev–Trinajstić information content (AvgIpc) is 2.86.